The summed E-state index contributed by atoms with van der Waals surface area (Å²) in [6.07, 6.45) is 2.32. The lowest BCUT2D eigenvalue weighted by molar-refractivity contribution is 0.807. The summed E-state index contributed by atoms with van der Waals surface area (Å²) in [6.45, 7) is 4.06. The predicted octanol–water partition coefficient (Wildman–Crippen LogP) is 1.38. The predicted molar refractivity (Wildman–Crippen MR) is 63.9 cm³/mol. The van der Waals surface area contributed by atoms with Crippen LogP contribution in [0, 0.1) is 6.92 Å². The molecule has 1 aromatic heterocycles. The minimum Gasteiger partial charge on any atom is -0.388 e. The number of aromatic nitrogens is 2. The lowest BCUT2D eigenvalue weighted by atomic mass is 10.3. The number of nitrogens with zero attached hydrogens (tertiary/aromatic N) is 2. The molecule has 80 valence electrons. The molecule has 4 nitrogen and oxygen atoms in total. The maximum Gasteiger partial charge on any atom is 0.223 e. The first-order valence-electron chi connectivity index (χ1n) is 4.92. The van der Waals surface area contributed by atoms with Crippen molar-refractivity contribution in [2.45, 2.75) is 32.2 Å². The molecule has 1 heterocycles. The van der Waals surface area contributed by atoms with Crippen molar-refractivity contribution in [3.8, 4) is 0 Å². The van der Waals surface area contributed by atoms with E-state index >= 15 is 0 Å². The van der Waals surface area contributed by atoms with Crippen LogP contribution in [0.1, 0.15) is 31.2 Å². The Hall–Kier alpha value is -1.23. The quantitative estimate of drug-likeness (QED) is 0.757. The van der Waals surface area contributed by atoms with E-state index in [9.17, 15) is 0 Å². The van der Waals surface area contributed by atoms with Crippen molar-refractivity contribution in [1.82, 2.24) is 9.97 Å². The van der Waals surface area contributed by atoms with Gasteiger partial charge in [0.05, 0.1) is 0 Å². The van der Waals surface area contributed by atoms with E-state index in [1.165, 1.54) is 0 Å². The van der Waals surface area contributed by atoms with Gasteiger partial charge < -0.3 is 11.1 Å². The van der Waals surface area contributed by atoms with Gasteiger partial charge in [-0.25, -0.2) is 9.97 Å². The third-order valence-corrected chi connectivity index (χ3v) is 2.73. The molecule has 0 amide bonds. The normalized spacial score (nSPS) is 17.2. The molecule has 1 saturated carbocycles. The standard InChI is InChI=1S/C10H14N4S/c1-6-5-7(8(11)15)13-9(12-6)14-10(2)3-4-10/h5H,3-4H2,1-2H3,(H2,11,15)(H,12,13,14). The van der Waals surface area contributed by atoms with E-state index in [-0.39, 0.29) is 5.54 Å². The first-order valence-corrected chi connectivity index (χ1v) is 5.33. The lowest BCUT2D eigenvalue weighted by Gasteiger charge is -2.12. The van der Waals surface area contributed by atoms with Crippen LogP contribution in [-0.4, -0.2) is 20.5 Å². The topological polar surface area (TPSA) is 63.8 Å². The maximum absolute atomic E-state index is 5.54. The van der Waals surface area contributed by atoms with Crippen LogP contribution in [0.2, 0.25) is 0 Å². The van der Waals surface area contributed by atoms with E-state index < -0.39 is 0 Å². The molecule has 0 aromatic carbocycles. The van der Waals surface area contributed by atoms with Gasteiger partial charge in [-0.3, -0.25) is 0 Å². The molecule has 3 N–H and O–H groups in total. The minimum atomic E-state index is 0.168. The van der Waals surface area contributed by atoms with Gasteiger partial charge in [-0.15, -0.1) is 0 Å². The van der Waals surface area contributed by atoms with Gasteiger partial charge in [0, 0.05) is 11.2 Å². The lowest BCUT2D eigenvalue weighted by Crippen LogP contribution is -2.20. The number of hydrogen-bond acceptors (Lipinski definition) is 4. The van der Waals surface area contributed by atoms with Crippen LogP contribution < -0.4 is 11.1 Å². The van der Waals surface area contributed by atoms with E-state index in [1.807, 2.05) is 6.92 Å². The van der Waals surface area contributed by atoms with Crippen LogP contribution in [0.25, 0.3) is 0 Å². The average molecular weight is 222 g/mol. The SMILES string of the molecule is Cc1cc(C(N)=S)nc(NC2(C)CC2)n1. The average Bonchev–Trinajstić information content (AvgIpc) is 2.81. The van der Waals surface area contributed by atoms with Crippen molar-refractivity contribution in [3.63, 3.8) is 0 Å². The summed E-state index contributed by atoms with van der Waals surface area (Å²) in [5.41, 5.74) is 7.22. The second-order valence-corrected chi connectivity index (χ2v) is 4.71. The monoisotopic (exact) mass is 222 g/mol. The van der Waals surface area contributed by atoms with Crippen LogP contribution >= 0.6 is 12.2 Å². The number of rotatable bonds is 3. The summed E-state index contributed by atoms with van der Waals surface area (Å²) in [4.78, 5) is 8.88. The number of nitrogens with two attached hydrogens (primary N) is 1. The molecule has 0 bridgehead atoms. The highest BCUT2D eigenvalue weighted by molar-refractivity contribution is 7.80. The first kappa shape index (κ1) is 10.3. The highest BCUT2D eigenvalue weighted by Gasteiger charge is 2.37. The van der Waals surface area contributed by atoms with Crippen molar-refractivity contribution in [1.29, 1.82) is 0 Å². The molecule has 1 aromatic rings. The molecule has 1 aliphatic carbocycles. The number of hydrogen-bond donors (Lipinski definition) is 2. The Morgan fingerprint density at radius 3 is 2.73 bits per heavy atom. The highest BCUT2D eigenvalue weighted by Crippen LogP contribution is 2.37. The summed E-state index contributed by atoms with van der Waals surface area (Å²) in [5, 5.41) is 3.29. The molecular formula is C10H14N4S. The molecule has 0 unspecified atom stereocenters. The summed E-state index contributed by atoms with van der Waals surface area (Å²) < 4.78 is 0. The second-order valence-electron chi connectivity index (χ2n) is 4.27. The molecule has 0 saturated heterocycles. The molecular weight excluding hydrogens is 208 g/mol. The Bertz CT molecular complexity index is 412. The number of aryl methyl sites for hydroxylation is 1. The van der Waals surface area contributed by atoms with E-state index in [4.69, 9.17) is 18.0 Å². The zero-order chi connectivity index (χ0) is 11.1. The summed E-state index contributed by atoms with van der Waals surface area (Å²) in [7, 11) is 0. The molecule has 15 heavy (non-hydrogen) atoms. The summed E-state index contributed by atoms with van der Waals surface area (Å²) in [6, 6.07) is 1.79. The smallest absolute Gasteiger partial charge is 0.223 e. The van der Waals surface area contributed by atoms with Gasteiger partial charge in [-0.2, -0.15) is 0 Å². The molecule has 1 fully saturated rings. The van der Waals surface area contributed by atoms with Crippen LogP contribution in [0.5, 0.6) is 0 Å². The second kappa shape index (κ2) is 3.41. The van der Waals surface area contributed by atoms with Gasteiger partial charge in [0.1, 0.15) is 10.7 Å². The fourth-order valence-electron chi connectivity index (χ4n) is 1.33. The minimum absolute atomic E-state index is 0.168. The first-order chi connectivity index (χ1) is 6.98. The Balaban J connectivity index is 2.27. The Labute approximate surface area is 94.3 Å². The van der Waals surface area contributed by atoms with E-state index in [0.717, 1.165) is 18.5 Å². The summed E-state index contributed by atoms with van der Waals surface area (Å²) in [5.74, 6) is 0.623. The third kappa shape index (κ3) is 2.41. The van der Waals surface area contributed by atoms with Crippen molar-refractivity contribution in [2.24, 2.45) is 5.73 Å². The molecule has 0 radical (unpaired) electrons. The van der Waals surface area contributed by atoms with Crippen LogP contribution in [-0.2, 0) is 0 Å². The Morgan fingerprint density at radius 1 is 1.53 bits per heavy atom. The van der Waals surface area contributed by atoms with Crippen LogP contribution in [0.3, 0.4) is 0 Å². The molecule has 2 rings (SSSR count). The fourth-order valence-corrected chi connectivity index (χ4v) is 1.44. The van der Waals surface area contributed by atoms with Gasteiger partial charge in [-0.05, 0) is 32.8 Å². The highest BCUT2D eigenvalue weighted by atomic mass is 32.1. The molecule has 5 heteroatoms. The van der Waals surface area contributed by atoms with Crippen molar-refractivity contribution in [3.05, 3.63) is 17.5 Å². The van der Waals surface area contributed by atoms with Crippen molar-refractivity contribution < 1.29 is 0 Å². The van der Waals surface area contributed by atoms with Crippen molar-refractivity contribution in [2.75, 3.05) is 5.32 Å². The zero-order valence-corrected chi connectivity index (χ0v) is 9.69. The van der Waals surface area contributed by atoms with E-state index in [2.05, 4.69) is 22.2 Å². The fraction of sp³-hybridized carbons (Fsp3) is 0.500. The van der Waals surface area contributed by atoms with Gasteiger partial charge in [-0.1, -0.05) is 12.2 Å². The van der Waals surface area contributed by atoms with Crippen LogP contribution in [0.15, 0.2) is 6.07 Å². The van der Waals surface area contributed by atoms with E-state index in [0.29, 0.717) is 16.6 Å². The molecule has 0 spiro atoms. The molecule has 0 aliphatic heterocycles. The molecule has 1 aliphatic rings. The molecule has 0 atom stereocenters. The summed E-state index contributed by atoms with van der Waals surface area (Å²) >= 11 is 4.90. The van der Waals surface area contributed by atoms with Crippen molar-refractivity contribution >= 4 is 23.2 Å². The largest absolute Gasteiger partial charge is 0.388 e. The van der Waals surface area contributed by atoms with E-state index in [1.54, 1.807) is 6.07 Å². The third-order valence-electron chi connectivity index (χ3n) is 2.52. The van der Waals surface area contributed by atoms with Gasteiger partial charge in [0.25, 0.3) is 0 Å². The van der Waals surface area contributed by atoms with Crippen LogP contribution in [0.4, 0.5) is 5.95 Å². The number of nitrogens with one attached hydrogen (secondary N) is 1. The van der Waals surface area contributed by atoms with Gasteiger partial charge in [0.2, 0.25) is 5.95 Å². The Morgan fingerprint density at radius 2 is 2.20 bits per heavy atom. The van der Waals surface area contributed by atoms with Gasteiger partial charge >= 0.3 is 0 Å². The number of thiocarbonyl (C=S) groups is 1. The number of anilines is 1. The van der Waals surface area contributed by atoms with Gasteiger partial charge in [0.15, 0.2) is 0 Å². The Kier molecular flexibility index (Phi) is 2.34. The maximum atomic E-state index is 5.54. The zero-order valence-electron chi connectivity index (χ0n) is 8.87.